The van der Waals surface area contributed by atoms with Gasteiger partial charge in [-0.2, -0.15) is 0 Å². The monoisotopic (exact) mass is 255 g/mol. The van der Waals surface area contributed by atoms with Crippen molar-refractivity contribution in [2.45, 2.75) is 38.1 Å². The van der Waals surface area contributed by atoms with Gasteiger partial charge in [0, 0.05) is 6.04 Å². The third-order valence-electron chi connectivity index (χ3n) is 3.76. The van der Waals surface area contributed by atoms with E-state index in [1.54, 1.807) is 6.07 Å². The van der Waals surface area contributed by atoms with Crippen LogP contribution in [0.1, 0.15) is 31.2 Å². The van der Waals surface area contributed by atoms with Crippen LogP contribution in [0.5, 0.6) is 0 Å². The summed E-state index contributed by atoms with van der Waals surface area (Å²) in [7, 11) is 2.03. The molecule has 3 heteroatoms. The third kappa shape index (κ3) is 3.43. The van der Waals surface area contributed by atoms with Crippen LogP contribution in [-0.4, -0.2) is 13.1 Å². The highest BCUT2D eigenvalue weighted by atomic mass is 35.5. The minimum Gasteiger partial charge on any atom is -0.317 e. The Morgan fingerprint density at radius 1 is 1.29 bits per heavy atom. The van der Waals surface area contributed by atoms with E-state index in [0.29, 0.717) is 6.04 Å². The Morgan fingerprint density at radius 3 is 2.59 bits per heavy atom. The molecule has 1 aliphatic carbocycles. The highest BCUT2D eigenvalue weighted by Crippen LogP contribution is 2.28. The zero-order chi connectivity index (χ0) is 12.3. The van der Waals surface area contributed by atoms with Gasteiger partial charge in [0.25, 0.3) is 0 Å². The van der Waals surface area contributed by atoms with Gasteiger partial charge in [-0.25, -0.2) is 4.39 Å². The van der Waals surface area contributed by atoms with Gasteiger partial charge < -0.3 is 5.32 Å². The van der Waals surface area contributed by atoms with Crippen molar-refractivity contribution in [1.29, 1.82) is 0 Å². The topological polar surface area (TPSA) is 12.0 Å². The first-order valence-corrected chi connectivity index (χ1v) is 6.68. The molecule has 2 rings (SSSR count). The lowest BCUT2D eigenvalue weighted by Crippen LogP contribution is -2.30. The maximum absolute atomic E-state index is 13.0. The SMILES string of the molecule is CNC1CCC(Cc2ccc(F)c(Cl)c2)CC1. The number of rotatable bonds is 3. The molecule has 0 unspecified atom stereocenters. The lowest BCUT2D eigenvalue weighted by molar-refractivity contribution is 0.300. The van der Waals surface area contributed by atoms with Crippen LogP contribution in [0.25, 0.3) is 0 Å². The van der Waals surface area contributed by atoms with Gasteiger partial charge in [-0.3, -0.25) is 0 Å². The predicted octanol–water partition coefficient (Wildman–Crippen LogP) is 3.80. The van der Waals surface area contributed by atoms with E-state index in [2.05, 4.69) is 5.32 Å². The lowest BCUT2D eigenvalue weighted by Gasteiger charge is -2.28. The average Bonchev–Trinajstić information content (AvgIpc) is 2.35. The summed E-state index contributed by atoms with van der Waals surface area (Å²) in [6, 6.07) is 5.77. The summed E-state index contributed by atoms with van der Waals surface area (Å²) in [6.45, 7) is 0. The van der Waals surface area contributed by atoms with Gasteiger partial charge in [0.2, 0.25) is 0 Å². The van der Waals surface area contributed by atoms with Crippen molar-refractivity contribution in [3.8, 4) is 0 Å². The second-order valence-corrected chi connectivity index (χ2v) is 5.37. The summed E-state index contributed by atoms with van der Waals surface area (Å²) in [4.78, 5) is 0. The minimum atomic E-state index is -0.325. The largest absolute Gasteiger partial charge is 0.317 e. The van der Waals surface area contributed by atoms with E-state index in [4.69, 9.17) is 11.6 Å². The number of nitrogens with one attached hydrogen (secondary N) is 1. The van der Waals surface area contributed by atoms with Gasteiger partial charge in [0.05, 0.1) is 5.02 Å². The third-order valence-corrected chi connectivity index (χ3v) is 4.05. The van der Waals surface area contributed by atoms with Crippen LogP contribution >= 0.6 is 11.6 Å². The van der Waals surface area contributed by atoms with Crippen LogP contribution in [0.4, 0.5) is 4.39 Å². The number of hydrogen-bond donors (Lipinski definition) is 1. The maximum atomic E-state index is 13.0. The smallest absolute Gasteiger partial charge is 0.141 e. The van der Waals surface area contributed by atoms with Crippen molar-refractivity contribution in [3.05, 3.63) is 34.6 Å². The zero-order valence-corrected chi connectivity index (χ0v) is 10.9. The van der Waals surface area contributed by atoms with Crippen molar-refractivity contribution in [2.75, 3.05) is 7.05 Å². The Kier molecular flexibility index (Phi) is 4.41. The molecule has 0 bridgehead atoms. The molecule has 1 aromatic carbocycles. The fourth-order valence-corrected chi connectivity index (χ4v) is 2.86. The molecular formula is C14H19ClFN. The van der Waals surface area contributed by atoms with Crippen molar-refractivity contribution >= 4 is 11.6 Å². The quantitative estimate of drug-likeness (QED) is 0.866. The molecule has 0 atom stereocenters. The van der Waals surface area contributed by atoms with Gasteiger partial charge in [-0.1, -0.05) is 17.7 Å². The molecular weight excluding hydrogens is 237 g/mol. The van der Waals surface area contributed by atoms with E-state index >= 15 is 0 Å². The van der Waals surface area contributed by atoms with E-state index in [1.807, 2.05) is 13.1 Å². The Hall–Kier alpha value is -0.600. The van der Waals surface area contributed by atoms with Crippen molar-refractivity contribution in [1.82, 2.24) is 5.32 Å². The van der Waals surface area contributed by atoms with Gasteiger partial charge >= 0.3 is 0 Å². The molecule has 0 radical (unpaired) electrons. The van der Waals surface area contributed by atoms with E-state index in [9.17, 15) is 4.39 Å². The van der Waals surface area contributed by atoms with Crippen molar-refractivity contribution < 1.29 is 4.39 Å². The molecule has 0 aliphatic heterocycles. The zero-order valence-electron chi connectivity index (χ0n) is 10.2. The van der Waals surface area contributed by atoms with Crippen LogP contribution in [0, 0.1) is 11.7 Å². The summed E-state index contributed by atoms with van der Waals surface area (Å²) in [5, 5.41) is 3.58. The van der Waals surface area contributed by atoms with Gasteiger partial charge in [-0.05, 0) is 62.8 Å². The van der Waals surface area contributed by atoms with Gasteiger partial charge in [-0.15, -0.1) is 0 Å². The lowest BCUT2D eigenvalue weighted by atomic mass is 9.82. The van der Waals surface area contributed by atoms with Crippen molar-refractivity contribution in [2.24, 2.45) is 5.92 Å². The average molecular weight is 256 g/mol. The summed E-state index contributed by atoms with van der Waals surface area (Å²) < 4.78 is 13.0. The fourth-order valence-electron chi connectivity index (χ4n) is 2.66. The molecule has 1 aliphatic rings. The predicted molar refractivity (Wildman–Crippen MR) is 69.9 cm³/mol. The molecule has 1 aromatic rings. The normalized spacial score (nSPS) is 24.9. The van der Waals surface area contributed by atoms with Crippen LogP contribution < -0.4 is 5.32 Å². The molecule has 1 saturated carbocycles. The molecule has 0 saturated heterocycles. The summed E-state index contributed by atoms with van der Waals surface area (Å²) >= 11 is 5.79. The Morgan fingerprint density at radius 2 is 2.00 bits per heavy atom. The summed E-state index contributed by atoms with van der Waals surface area (Å²) in [5.41, 5.74) is 1.16. The first-order valence-electron chi connectivity index (χ1n) is 6.30. The van der Waals surface area contributed by atoms with E-state index in [-0.39, 0.29) is 10.8 Å². The van der Waals surface area contributed by atoms with Crippen LogP contribution in [0.15, 0.2) is 18.2 Å². The number of halogens is 2. The second kappa shape index (κ2) is 5.83. The molecule has 0 spiro atoms. The molecule has 1 N–H and O–H groups in total. The molecule has 94 valence electrons. The van der Waals surface area contributed by atoms with Crippen LogP contribution in [0.3, 0.4) is 0 Å². The van der Waals surface area contributed by atoms with Gasteiger partial charge in [0.1, 0.15) is 5.82 Å². The first-order chi connectivity index (χ1) is 8.19. The van der Waals surface area contributed by atoms with Gasteiger partial charge in [0.15, 0.2) is 0 Å². The van der Waals surface area contributed by atoms with Crippen LogP contribution in [-0.2, 0) is 6.42 Å². The molecule has 17 heavy (non-hydrogen) atoms. The second-order valence-electron chi connectivity index (χ2n) is 4.96. The Labute approximate surface area is 107 Å². The maximum Gasteiger partial charge on any atom is 0.141 e. The highest BCUT2D eigenvalue weighted by molar-refractivity contribution is 6.30. The number of benzene rings is 1. The van der Waals surface area contributed by atoms with Crippen LogP contribution in [0.2, 0.25) is 5.02 Å². The van der Waals surface area contributed by atoms with E-state index in [1.165, 1.54) is 31.7 Å². The Bertz CT molecular complexity index is 372. The highest BCUT2D eigenvalue weighted by Gasteiger charge is 2.20. The molecule has 0 heterocycles. The standard InChI is InChI=1S/C14H19ClFN/c1-17-12-5-2-10(3-6-12)8-11-4-7-14(16)13(15)9-11/h4,7,9-10,12,17H,2-3,5-6,8H2,1H3. The number of hydrogen-bond acceptors (Lipinski definition) is 1. The molecule has 1 nitrogen and oxygen atoms in total. The first kappa shape index (κ1) is 12.8. The summed E-state index contributed by atoms with van der Waals surface area (Å²) in [6.07, 6.45) is 6.02. The molecule has 0 aromatic heterocycles. The molecule has 0 amide bonds. The fraction of sp³-hybridized carbons (Fsp3) is 0.571. The van der Waals surface area contributed by atoms with E-state index in [0.717, 1.165) is 17.9 Å². The molecule has 1 fully saturated rings. The summed E-state index contributed by atoms with van der Waals surface area (Å²) in [5.74, 6) is 0.399. The van der Waals surface area contributed by atoms with E-state index < -0.39 is 0 Å². The minimum absolute atomic E-state index is 0.242. The van der Waals surface area contributed by atoms with Crippen molar-refractivity contribution in [3.63, 3.8) is 0 Å². The Balaban J connectivity index is 1.91.